The van der Waals surface area contributed by atoms with E-state index < -0.39 is 23.3 Å². The van der Waals surface area contributed by atoms with Gasteiger partial charge in [-0.3, -0.25) is 4.79 Å². The molecule has 1 atom stereocenters. The molecule has 0 aliphatic heterocycles. The Hall–Kier alpha value is -0.650. The minimum absolute atomic E-state index is 0.178. The first-order valence-corrected chi connectivity index (χ1v) is 5.16. The van der Waals surface area contributed by atoms with Gasteiger partial charge in [0.25, 0.3) is 5.97 Å². The molecular formula is C10H20O5. The van der Waals surface area contributed by atoms with Gasteiger partial charge in [0.15, 0.2) is 0 Å². The molecule has 5 nitrogen and oxygen atoms in total. The second kappa shape index (κ2) is 4.92. The van der Waals surface area contributed by atoms with E-state index in [1.165, 1.54) is 0 Å². The fourth-order valence-corrected chi connectivity index (χ4v) is 2.25. The topological polar surface area (TPSA) is 98.0 Å². The Morgan fingerprint density at radius 2 is 1.53 bits per heavy atom. The lowest BCUT2D eigenvalue weighted by atomic mass is 9.68. The summed E-state index contributed by atoms with van der Waals surface area (Å²) in [5.74, 6) is -5.06. The lowest BCUT2D eigenvalue weighted by Crippen LogP contribution is -2.54. The molecule has 0 bridgehead atoms. The van der Waals surface area contributed by atoms with Gasteiger partial charge in [0, 0.05) is 0 Å². The Morgan fingerprint density at radius 1 is 1.13 bits per heavy atom. The zero-order valence-corrected chi connectivity index (χ0v) is 9.40. The molecule has 1 unspecified atom stereocenters. The number of aliphatic carboxylic acids is 1. The summed E-state index contributed by atoms with van der Waals surface area (Å²) in [5, 5.41) is 37.0. The summed E-state index contributed by atoms with van der Waals surface area (Å²) in [4.78, 5) is 11.0. The van der Waals surface area contributed by atoms with Gasteiger partial charge >= 0.3 is 5.97 Å². The van der Waals surface area contributed by atoms with E-state index in [1.54, 1.807) is 20.8 Å². The molecule has 0 amide bonds. The first kappa shape index (κ1) is 14.3. The van der Waals surface area contributed by atoms with E-state index in [0.29, 0.717) is 0 Å². The molecule has 0 aromatic heterocycles. The third kappa shape index (κ3) is 2.48. The minimum atomic E-state index is -2.96. The van der Waals surface area contributed by atoms with Crippen LogP contribution in [0.3, 0.4) is 0 Å². The van der Waals surface area contributed by atoms with Gasteiger partial charge in [-0.2, -0.15) is 0 Å². The van der Waals surface area contributed by atoms with Crippen LogP contribution in [0.15, 0.2) is 0 Å². The number of carbonyl (C=O) groups is 1. The van der Waals surface area contributed by atoms with Crippen molar-refractivity contribution in [2.24, 2.45) is 11.3 Å². The van der Waals surface area contributed by atoms with E-state index >= 15 is 0 Å². The number of hydrogen-bond donors (Lipinski definition) is 4. The monoisotopic (exact) mass is 220 g/mol. The van der Waals surface area contributed by atoms with Crippen LogP contribution in [0.1, 0.15) is 40.0 Å². The van der Waals surface area contributed by atoms with E-state index in [9.17, 15) is 20.1 Å². The summed E-state index contributed by atoms with van der Waals surface area (Å²) in [5.41, 5.74) is -1.42. The number of hydrogen-bond acceptors (Lipinski definition) is 4. The fraction of sp³-hybridized carbons (Fsp3) is 0.900. The molecule has 0 radical (unpaired) electrons. The van der Waals surface area contributed by atoms with Crippen LogP contribution in [-0.2, 0) is 4.79 Å². The van der Waals surface area contributed by atoms with Crippen LogP contribution < -0.4 is 0 Å². The van der Waals surface area contributed by atoms with E-state index in [1.807, 2.05) is 0 Å². The number of aliphatic hydroxyl groups is 3. The van der Waals surface area contributed by atoms with Crippen LogP contribution in [0.4, 0.5) is 0 Å². The maximum absolute atomic E-state index is 11.0. The molecule has 90 valence electrons. The van der Waals surface area contributed by atoms with Gasteiger partial charge in [0.1, 0.15) is 0 Å². The molecule has 0 saturated heterocycles. The van der Waals surface area contributed by atoms with Gasteiger partial charge in [0.05, 0.1) is 11.3 Å². The highest BCUT2D eigenvalue weighted by atomic mass is 16.7. The normalized spacial score (nSPS) is 15.1. The molecule has 0 aromatic carbocycles. The third-order valence-corrected chi connectivity index (χ3v) is 3.30. The Morgan fingerprint density at radius 3 is 1.60 bits per heavy atom. The van der Waals surface area contributed by atoms with Gasteiger partial charge in [-0.25, -0.2) is 0 Å². The summed E-state index contributed by atoms with van der Waals surface area (Å²) >= 11 is 0. The summed E-state index contributed by atoms with van der Waals surface area (Å²) in [6, 6.07) is 0. The molecule has 15 heavy (non-hydrogen) atoms. The molecule has 4 N–H and O–H groups in total. The largest absolute Gasteiger partial charge is 0.481 e. The van der Waals surface area contributed by atoms with Crippen molar-refractivity contribution in [2.75, 3.05) is 0 Å². The number of carboxylic acids is 1. The first-order valence-electron chi connectivity index (χ1n) is 5.16. The number of carboxylic acid groups (broad SMARTS) is 1. The second-order valence-electron chi connectivity index (χ2n) is 3.80. The van der Waals surface area contributed by atoms with Crippen LogP contribution in [0, 0.1) is 11.3 Å². The highest BCUT2D eigenvalue weighted by Crippen LogP contribution is 2.44. The smallest absolute Gasteiger partial charge is 0.307 e. The maximum Gasteiger partial charge on any atom is 0.307 e. The molecular weight excluding hydrogens is 200 g/mol. The minimum Gasteiger partial charge on any atom is -0.481 e. The van der Waals surface area contributed by atoms with Gasteiger partial charge < -0.3 is 20.4 Å². The van der Waals surface area contributed by atoms with Crippen LogP contribution >= 0.6 is 0 Å². The van der Waals surface area contributed by atoms with Crippen LogP contribution in [0.25, 0.3) is 0 Å². The maximum atomic E-state index is 11.0. The zero-order chi connectivity index (χ0) is 12.3. The van der Waals surface area contributed by atoms with E-state index in [2.05, 4.69) is 0 Å². The van der Waals surface area contributed by atoms with Gasteiger partial charge in [-0.1, -0.05) is 20.8 Å². The average molecular weight is 220 g/mol. The molecule has 0 aromatic rings. The highest BCUT2D eigenvalue weighted by molar-refractivity contribution is 5.71. The van der Waals surface area contributed by atoms with Crippen LogP contribution in [0.5, 0.6) is 0 Å². The first-order chi connectivity index (χ1) is 6.76. The predicted molar refractivity (Wildman–Crippen MR) is 53.8 cm³/mol. The van der Waals surface area contributed by atoms with E-state index in [0.717, 1.165) is 0 Å². The van der Waals surface area contributed by atoms with Crippen molar-refractivity contribution >= 4 is 5.97 Å². The van der Waals surface area contributed by atoms with Crippen LogP contribution in [0.2, 0.25) is 0 Å². The van der Waals surface area contributed by atoms with Gasteiger partial charge in [0.2, 0.25) is 0 Å². The SMILES string of the molecule is CCC(C(=O)O)C(CC)(CC)C(O)(O)O. The standard InChI is InChI=1S/C10H20O5/c1-4-7(8(11)12)9(5-2,6-3)10(13,14)15/h7,13-15H,4-6H2,1-3H3,(H,11,12). The molecule has 0 aliphatic rings. The van der Waals surface area contributed by atoms with Gasteiger partial charge in [-0.15, -0.1) is 0 Å². The van der Waals surface area contributed by atoms with Crippen molar-refractivity contribution in [2.45, 2.75) is 46.0 Å². The molecule has 0 aliphatic carbocycles. The Bertz CT molecular complexity index is 214. The van der Waals surface area contributed by atoms with Crippen molar-refractivity contribution < 1.29 is 25.2 Å². The Kier molecular flexibility index (Phi) is 4.70. The van der Waals surface area contributed by atoms with Crippen molar-refractivity contribution in [3.8, 4) is 0 Å². The third-order valence-electron chi connectivity index (χ3n) is 3.30. The molecule has 0 rings (SSSR count). The van der Waals surface area contributed by atoms with Crippen molar-refractivity contribution in [3.05, 3.63) is 0 Å². The van der Waals surface area contributed by atoms with Crippen LogP contribution in [-0.4, -0.2) is 32.4 Å². The van der Waals surface area contributed by atoms with E-state index in [-0.39, 0.29) is 19.3 Å². The average Bonchev–Trinajstić information content (AvgIpc) is 2.11. The van der Waals surface area contributed by atoms with E-state index in [4.69, 9.17) is 5.11 Å². The second-order valence-corrected chi connectivity index (χ2v) is 3.80. The Balaban J connectivity index is 5.34. The van der Waals surface area contributed by atoms with Crippen molar-refractivity contribution in [1.82, 2.24) is 0 Å². The summed E-state index contributed by atoms with van der Waals surface area (Å²) in [7, 11) is 0. The Labute approximate surface area is 89.4 Å². The summed E-state index contributed by atoms with van der Waals surface area (Å²) in [6.07, 6.45) is 0.593. The fourth-order valence-electron chi connectivity index (χ4n) is 2.25. The lowest BCUT2D eigenvalue weighted by Gasteiger charge is -2.42. The van der Waals surface area contributed by atoms with Crippen molar-refractivity contribution in [3.63, 3.8) is 0 Å². The molecule has 0 fully saturated rings. The lowest BCUT2D eigenvalue weighted by molar-refractivity contribution is -0.385. The summed E-state index contributed by atoms with van der Waals surface area (Å²) < 4.78 is 0. The molecule has 0 spiro atoms. The number of rotatable bonds is 6. The predicted octanol–water partition coefficient (Wildman–Crippen LogP) is 0.534. The highest BCUT2D eigenvalue weighted by Gasteiger charge is 2.53. The summed E-state index contributed by atoms with van der Waals surface area (Å²) in [6.45, 7) is 4.91. The molecule has 0 saturated carbocycles. The molecule has 0 heterocycles. The molecule has 5 heteroatoms. The quantitative estimate of drug-likeness (QED) is 0.490. The zero-order valence-electron chi connectivity index (χ0n) is 9.40. The van der Waals surface area contributed by atoms with Crippen molar-refractivity contribution in [1.29, 1.82) is 0 Å². The van der Waals surface area contributed by atoms with Gasteiger partial charge in [-0.05, 0) is 19.3 Å².